The third-order valence-corrected chi connectivity index (χ3v) is 9.16. The first-order valence-corrected chi connectivity index (χ1v) is 11.7. The molecule has 1 aromatic rings. The zero-order valence-corrected chi connectivity index (χ0v) is 17.0. The van der Waals surface area contributed by atoms with Gasteiger partial charge < -0.3 is 15.7 Å². The van der Waals surface area contributed by atoms with Crippen molar-refractivity contribution in [1.29, 1.82) is 0 Å². The fourth-order valence-corrected chi connectivity index (χ4v) is 7.10. The first kappa shape index (κ1) is 20.2. The number of anilines is 2. The van der Waals surface area contributed by atoms with Gasteiger partial charge in [0.05, 0.1) is 11.6 Å². The lowest BCUT2D eigenvalue weighted by Gasteiger charge is -2.32. The Morgan fingerprint density at radius 2 is 1.89 bits per heavy atom. The SMILES string of the molecule is C=CC(N1CCCCC1)S(=O)(=O)c1cc(N)c(N2CCC(C(=O)O)CC2)s1. The second kappa shape index (κ2) is 8.20. The van der Waals surface area contributed by atoms with Gasteiger partial charge in [-0.05, 0) is 44.8 Å². The zero-order chi connectivity index (χ0) is 19.6. The van der Waals surface area contributed by atoms with Crippen LogP contribution in [0.4, 0.5) is 10.7 Å². The third-order valence-electron chi connectivity index (χ3n) is 5.40. The fraction of sp³-hybridized carbons (Fsp3) is 0.611. The van der Waals surface area contributed by atoms with E-state index >= 15 is 0 Å². The number of aliphatic carboxylic acids is 1. The number of hydrogen-bond donors (Lipinski definition) is 2. The van der Waals surface area contributed by atoms with Crippen molar-refractivity contribution in [2.45, 2.75) is 41.7 Å². The molecule has 2 aliphatic rings. The standard InChI is InChI=1S/C18H27N3O4S2/c1-2-15(20-8-4-3-5-9-20)27(24,25)16-12-14(19)17(26-16)21-10-6-13(7-11-21)18(22)23/h2,12-13,15H,1,3-11,19H2,(H,22,23). The largest absolute Gasteiger partial charge is 0.481 e. The summed E-state index contributed by atoms with van der Waals surface area (Å²) in [5.41, 5.74) is 6.57. The summed E-state index contributed by atoms with van der Waals surface area (Å²) in [5, 5.41) is 9.12. The molecular weight excluding hydrogens is 386 g/mol. The van der Waals surface area contributed by atoms with E-state index in [1.165, 1.54) is 17.4 Å². The predicted octanol–water partition coefficient (Wildman–Crippen LogP) is 2.40. The van der Waals surface area contributed by atoms with Gasteiger partial charge in [-0.15, -0.1) is 17.9 Å². The predicted molar refractivity (Wildman–Crippen MR) is 108 cm³/mol. The van der Waals surface area contributed by atoms with Gasteiger partial charge >= 0.3 is 5.97 Å². The highest BCUT2D eigenvalue weighted by Gasteiger charge is 2.34. The molecule has 2 aliphatic heterocycles. The Morgan fingerprint density at radius 1 is 1.26 bits per heavy atom. The molecule has 1 unspecified atom stereocenters. The highest BCUT2D eigenvalue weighted by molar-refractivity contribution is 7.94. The molecular formula is C18H27N3O4S2. The summed E-state index contributed by atoms with van der Waals surface area (Å²) in [4.78, 5) is 15.1. The lowest BCUT2D eigenvalue weighted by atomic mass is 9.97. The fourth-order valence-electron chi connectivity index (χ4n) is 3.85. The van der Waals surface area contributed by atoms with E-state index < -0.39 is 21.2 Å². The van der Waals surface area contributed by atoms with Gasteiger partial charge in [-0.3, -0.25) is 9.69 Å². The average Bonchev–Trinajstić information content (AvgIpc) is 3.06. The van der Waals surface area contributed by atoms with E-state index in [0.717, 1.165) is 37.4 Å². The number of rotatable bonds is 6. The van der Waals surface area contributed by atoms with E-state index in [9.17, 15) is 13.2 Å². The second-order valence-electron chi connectivity index (χ2n) is 7.19. The lowest BCUT2D eigenvalue weighted by Crippen LogP contribution is -2.42. The minimum Gasteiger partial charge on any atom is -0.481 e. The maximum Gasteiger partial charge on any atom is 0.306 e. The number of thiophene rings is 1. The molecule has 150 valence electrons. The quantitative estimate of drug-likeness (QED) is 0.690. The summed E-state index contributed by atoms with van der Waals surface area (Å²) >= 11 is 1.18. The summed E-state index contributed by atoms with van der Waals surface area (Å²) in [6.45, 7) is 6.41. The lowest BCUT2D eigenvalue weighted by molar-refractivity contribution is -0.142. The van der Waals surface area contributed by atoms with Crippen LogP contribution in [0.3, 0.4) is 0 Å². The Bertz CT molecular complexity index is 792. The number of likely N-dealkylation sites (tertiary alicyclic amines) is 1. The van der Waals surface area contributed by atoms with Crippen molar-refractivity contribution in [2.75, 3.05) is 36.8 Å². The number of nitrogens with two attached hydrogens (primary N) is 1. The molecule has 7 nitrogen and oxygen atoms in total. The highest BCUT2D eigenvalue weighted by atomic mass is 32.2. The number of carboxylic acid groups (broad SMARTS) is 1. The van der Waals surface area contributed by atoms with E-state index in [-0.39, 0.29) is 10.1 Å². The maximum absolute atomic E-state index is 13.2. The number of hydrogen-bond acceptors (Lipinski definition) is 7. The topological polar surface area (TPSA) is 104 Å². The molecule has 0 bridgehead atoms. The van der Waals surface area contributed by atoms with E-state index in [1.54, 1.807) is 6.07 Å². The molecule has 1 atom stereocenters. The Kier molecular flexibility index (Phi) is 6.12. The Hall–Kier alpha value is -1.58. The smallest absolute Gasteiger partial charge is 0.306 e. The number of piperidine rings is 2. The first-order valence-electron chi connectivity index (χ1n) is 9.32. The van der Waals surface area contributed by atoms with Crippen LogP contribution in [0.5, 0.6) is 0 Å². The molecule has 2 fully saturated rings. The number of sulfone groups is 1. The second-order valence-corrected chi connectivity index (χ2v) is 10.5. The molecule has 1 aromatic heterocycles. The van der Waals surface area contributed by atoms with Crippen LogP contribution in [0.15, 0.2) is 22.9 Å². The van der Waals surface area contributed by atoms with Crippen molar-refractivity contribution in [3.8, 4) is 0 Å². The van der Waals surface area contributed by atoms with Crippen LogP contribution in [-0.4, -0.2) is 55.9 Å². The molecule has 0 spiro atoms. The maximum atomic E-state index is 13.2. The molecule has 9 heteroatoms. The third kappa shape index (κ3) is 4.14. The molecule has 0 aromatic carbocycles. The van der Waals surface area contributed by atoms with Gasteiger partial charge in [0.25, 0.3) is 0 Å². The van der Waals surface area contributed by atoms with Crippen LogP contribution < -0.4 is 10.6 Å². The molecule has 0 saturated carbocycles. The van der Waals surface area contributed by atoms with Crippen molar-refractivity contribution in [3.63, 3.8) is 0 Å². The Balaban J connectivity index is 1.80. The van der Waals surface area contributed by atoms with Crippen LogP contribution in [0.1, 0.15) is 32.1 Å². The summed E-state index contributed by atoms with van der Waals surface area (Å²) in [6, 6.07) is 1.54. The van der Waals surface area contributed by atoms with Gasteiger partial charge in [0, 0.05) is 13.1 Å². The molecule has 0 amide bonds. The van der Waals surface area contributed by atoms with Crippen LogP contribution in [0.25, 0.3) is 0 Å². The summed E-state index contributed by atoms with van der Waals surface area (Å²) in [5.74, 6) is -1.11. The molecule has 3 rings (SSSR count). The summed E-state index contributed by atoms with van der Waals surface area (Å²) in [7, 11) is -3.59. The molecule has 3 heterocycles. The van der Waals surface area contributed by atoms with Gasteiger partial charge in [-0.25, -0.2) is 8.42 Å². The average molecular weight is 414 g/mol. The van der Waals surface area contributed by atoms with Gasteiger partial charge in [0.1, 0.15) is 14.6 Å². The minimum absolute atomic E-state index is 0.255. The van der Waals surface area contributed by atoms with Gasteiger partial charge in [0.15, 0.2) is 0 Å². The van der Waals surface area contributed by atoms with Crippen LogP contribution >= 0.6 is 11.3 Å². The number of nitrogens with zero attached hydrogens (tertiary/aromatic N) is 2. The van der Waals surface area contributed by atoms with Crippen molar-refractivity contribution >= 4 is 37.8 Å². The Morgan fingerprint density at radius 3 is 2.44 bits per heavy atom. The van der Waals surface area contributed by atoms with E-state index in [1.807, 2.05) is 9.80 Å². The van der Waals surface area contributed by atoms with Crippen LogP contribution in [-0.2, 0) is 14.6 Å². The van der Waals surface area contributed by atoms with E-state index in [2.05, 4.69) is 6.58 Å². The first-order chi connectivity index (χ1) is 12.8. The normalized spacial score (nSPS) is 21.1. The minimum atomic E-state index is -3.59. The molecule has 2 saturated heterocycles. The van der Waals surface area contributed by atoms with Crippen molar-refractivity contribution in [3.05, 3.63) is 18.7 Å². The molecule has 0 radical (unpaired) electrons. The van der Waals surface area contributed by atoms with Crippen molar-refractivity contribution in [2.24, 2.45) is 5.92 Å². The molecule has 27 heavy (non-hydrogen) atoms. The summed E-state index contributed by atoms with van der Waals surface area (Å²) < 4.78 is 26.7. The Labute approximate surface area is 164 Å². The zero-order valence-electron chi connectivity index (χ0n) is 15.3. The number of carbonyl (C=O) groups is 1. The highest BCUT2D eigenvalue weighted by Crippen LogP contribution is 2.40. The summed E-state index contributed by atoms with van der Waals surface area (Å²) in [6.07, 6.45) is 5.71. The molecule has 0 aliphatic carbocycles. The van der Waals surface area contributed by atoms with Gasteiger partial charge in [-0.2, -0.15) is 0 Å². The van der Waals surface area contributed by atoms with Crippen LogP contribution in [0.2, 0.25) is 0 Å². The molecule has 3 N–H and O–H groups in total. The van der Waals surface area contributed by atoms with Crippen molar-refractivity contribution < 1.29 is 18.3 Å². The van der Waals surface area contributed by atoms with Gasteiger partial charge in [0.2, 0.25) is 9.84 Å². The number of nitrogen functional groups attached to an aromatic ring is 1. The van der Waals surface area contributed by atoms with E-state index in [0.29, 0.717) is 31.6 Å². The number of carboxylic acids is 1. The van der Waals surface area contributed by atoms with Crippen LogP contribution in [0, 0.1) is 5.92 Å². The monoisotopic (exact) mass is 413 g/mol. The van der Waals surface area contributed by atoms with Crippen molar-refractivity contribution in [1.82, 2.24) is 4.90 Å². The van der Waals surface area contributed by atoms with E-state index in [4.69, 9.17) is 10.8 Å². The van der Waals surface area contributed by atoms with Gasteiger partial charge in [-0.1, -0.05) is 12.5 Å².